The van der Waals surface area contributed by atoms with E-state index in [1.165, 1.54) is 0 Å². The third kappa shape index (κ3) is 5.25. The van der Waals surface area contributed by atoms with E-state index in [1.54, 1.807) is 9.80 Å². The molecular weight excluding hydrogens is 250 g/mol. The summed E-state index contributed by atoms with van der Waals surface area (Å²) in [6.07, 6.45) is -0.112. The fourth-order valence-electron chi connectivity index (χ4n) is 1.95. The molecule has 108 valence electrons. The number of carboxylic acids is 1. The van der Waals surface area contributed by atoms with Crippen molar-refractivity contribution in [3.63, 3.8) is 0 Å². The lowest BCUT2D eigenvalue weighted by Crippen LogP contribution is -2.52. The number of hydrogen-bond donors (Lipinski definition) is 1. The van der Waals surface area contributed by atoms with Crippen LogP contribution in [0.4, 0.5) is 0 Å². The van der Waals surface area contributed by atoms with Gasteiger partial charge in [0.25, 0.3) is 0 Å². The Hall–Kier alpha value is -1.63. The molecule has 0 spiro atoms. The van der Waals surface area contributed by atoms with Gasteiger partial charge in [0.05, 0.1) is 13.0 Å². The lowest BCUT2D eigenvalue weighted by Gasteiger charge is -2.35. The summed E-state index contributed by atoms with van der Waals surface area (Å²) in [6, 6.07) is 0. The smallest absolute Gasteiger partial charge is 0.303 e. The lowest BCUT2D eigenvalue weighted by molar-refractivity contribution is -0.143. The average Bonchev–Trinajstić information content (AvgIpc) is 2.35. The molecule has 0 radical (unpaired) electrons. The summed E-state index contributed by atoms with van der Waals surface area (Å²) in [7, 11) is 3.67. The van der Waals surface area contributed by atoms with Crippen LogP contribution in [-0.4, -0.2) is 84.4 Å². The molecular formula is C12H21N3O4. The highest BCUT2D eigenvalue weighted by atomic mass is 16.4. The SMILES string of the molecule is CN(C)CC(=O)N1CCN(C(=O)CCC(=O)O)CC1. The van der Waals surface area contributed by atoms with Gasteiger partial charge in [-0.05, 0) is 14.1 Å². The Kier molecular flexibility index (Phi) is 5.75. The van der Waals surface area contributed by atoms with Crippen molar-refractivity contribution < 1.29 is 19.5 Å². The molecule has 0 aromatic heterocycles. The first-order chi connectivity index (χ1) is 8.90. The van der Waals surface area contributed by atoms with Crippen LogP contribution in [0.15, 0.2) is 0 Å². The largest absolute Gasteiger partial charge is 0.481 e. The van der Waals surface area contributed by atoms with Crippen LogP contribution in [0.25, 0.3) is 0 Å². The van der Waals surface area contributed by atoms with Crippen molar-refractivity contribution in [2.75, 3.05) is 46.8 Å². The first-order valence-corrected chi connectivity index (χ1v) is 6.32. The number of carboxylic acid groups (broad SMARTS) is 1. The molecule has 1 aliphatic rings. The molecule has 0 unspecified atom stereocenters. The van der Waals surface area contributed by atoms with Gasteiger partial charge >= 0.3 is 5.97 Å². The maximum absolute atomic E-state index is 11.8. The minimum Gasteiger partial charge on any atom is -0.481 e. The quantitative estimate of drug-likeness (QED) is 0.699. The van der Waals surface area contributed by atoms with Gasteiger partial charge in [-0.1, -0.05) is 0 Å². The molecule has 1 saturated heterocycles. The topological polar surface area (TPSA) is 81.2 Å². The molecule has 0 aliphatic carbocycles. The third-order valence-corrected chi connectivity index (χ3v) is 2.99. The van der Waals surface area contributed by atoms with Gasteiger partial charge in [0.1, 0.15) is 0 Å². The van der Waals surface area contributed by atoms with Gasteiger partial charge in [0.2, 0.25) is 11.8 Å². The van der Waals surface area contributed by atoms with E-state index in [0.29, 0.717) is 32.7 Å². The molecule has 0 bridgehead atoms. The zero-order chi connectivity index (χ0) is 14.4. The van der Waals surface area contributed by atoms with Gasteiger partial charge in [-0.25, -0.2) is 0 Å². The minimum absolute atomic E-state index is 0.0287. The molecule has 0 saturated carbocycles. The van der Waals surface area contributed by atoms with Crippen LogP contribution in [0.1, 0.15) is 12.8 Å². The van der Waals surface area contributed by atoms with Gasteiger partial charge in [-0.3, -0.25) is 14.4 Å². The fraction of sp³-hybridized carbons (Fsp3) is 0.750. The van der Waals surface area contributed by atoms with Crippen molar-refractivity contribution in [3.8, 4) is 0 Å². The molecule has 1 N–H and O–H groups in total. The normalized spacial score (nSPS) is 15.7. The van der Waals surface area contributed by atoms with Gasteiger partial charge in [0, 0.05) is 32.6 Å². The summed E-state index contributed by atoms with van der Waals surface area (Å²) < 4.78 is 0. The van der Waals surface area contributed by atoms with E-state index < -0.39 is 5.97 Å². The molecule has 1 aliphatic heterocycles. The van der Waals surface area contributed by atoms with Crippen molar-refractivity contribution in [2.45, 2.75) is 12.8 Å². The predicted molar refractivity (Wildman–Crippen MR) is 68.6 cm³/mol. The standard InChI is InChI=1S/C12H21N3O4/c1-13(2)9-11(17)15-7-5-14(6-8-15)10(16)3-4-12(18)19/h3-9H2,1-2H3,(H,18,19). The second-order valence-electron chi connectivity index (χ2n) is 4.89. The molecule has 1 fully saturated rings. The highest BCUT2D eigenvalue weighted by Crippen LogP contribution is 2.06. The molecule has 0 aromatic rings. The van der Waals surface area contributed by atoms with E-state index >= 15 is 0 Å². The summed E-state index contributed by atoms with van der Waals surface area (Å²) in [5.41, 5.74) is 0. The number of hydrogen-bond acceptors (Lipinski definition) is 4. The predicted octanol–water partition coefficient (Wildman–Crippen LogP) is -0.916. The summed E-state index contributed by atoms with van der Waals surface area (Å²) >= 11 is 0. The van der Waals surface area contributed by atoms with Gasteiger partial charge in [0.15, 0.2) is 0 Å². The Morgan fingerprint density at radius 1 is 0.947 bits per heavy atom. The van der Waals surface area contributed by atoms with Gasteiger partial charge in [-0.15, -0.1) is 0 Å². The van der Waals surface area contributed by atoms with Crippen molar-refractivity contribution >= 4 is 17.8 Å². The van der Waals surface area contributed by atoms with E-state index in [1.807, 2.05) is 19.0 Å². The van der Waals surface area contributed by atoms with Crippen LogP contribution in [0.3, 0.4) is 0 Å². The average molecular weight is 271 g/mol. The Morgan fingerprint density at radius 3 is 1.84 bits per heavy atom. The van der Waals surface area contributed by atoms with Crippen LogP contribution in [-0.2, 0) is 14.4 Å². The third-order valence-electron chi connectivity index (χ3n) is 2.99. The number of aliphatic carboxylic acids is 1. The Balaban J connectivity index is 2.34. The number of amides is 2. The minimum atomic E-state index is -0.965. The number of piperazine rings is 1. The maximum atomic E-state index is 11.8. The molecule has 1 rings (SSSR count). The number of carbonyl (C=O) groups is 3. The Morgan fingerprint density at radius 2 is 1.42 bits per heavy atom. The van der Waals surface area contributed by atoms with Crippen LogP contribution >= 0.6 is 0 Å². The zero-order valence-electron chi connectivity index (χ0n) is 11.5. The summed E-state index contributed by atoms with van der Waals surface area (Å²) in [5, 5.41) is 8.53. The molecule has 0 atom stereocenters. The van der Waals surface area contributed by atoms with Gasteiger partial charge < -0.3 is 19.8 Å². The molecule has 2 amide bonds. The van der Waals surface area contributed by atoms with Gasteiger partial charge in [-0.2, -0.15) is 0 Å². The van der Waals surface area contributed by atoms with E-state index in [2.05, 4.69) is 0 Å². The van der Waals surface area contributed by atoms with E-state index in [4.69, 9.17) is 5.11 Å². The number of carbonyl (C=O) groups excluding carboxylic acids is 2. The van der Waals surface area contributed by atoms with Crippen LogP contribution in [0.5, 0.6) is 0 Å². The van der Waals surface area contributed by atoms with Crippen LogP contribution < -0.4 is 0 Å². The van der Waals surface area contributed by atoms with Crippen molar-refractivity contribution in [1.29, 1.82) is 0 Å². The molecule has 1 heterocycles. The van der Waals surface area contributed by atoms with Crippen molar-refractivity contribution in [3.05, 3.63) is 0 Å². The number of rotatable bonds is 5. The highest BCUT2D eigenvalue weighted by Gasteiger charge is 2.24. The molecule has 7 heteroatoms. The summed E-state index contributed by atoms with van der Waals surface area (Å²) in [6.45, 7) is 2.37. The Bertz CT molecular complexity index is 349. The second-order valence-corrected chi connectivity index (χ2v) is 4.89. The maximum Gasteiger partial charge on any atom is 0.303 e. The first-order valence-electron chi connectivity index (χ1n) is 6.32. The first kappa shape index (κ1) is 15.4. The fourth-order valence-corrected chi connectivity index (χ4v) is 1.95. The van der Waals surface area contributed by atoms with E-state index in [9.17, 15) is 14.4 Å². The van der Waals surface area contributed by atoms with Crippen molar-refractivity contribution in [1.82, 2.24) is 14.7 Å². The van der Waals surface area contributed by atoms with E-state index in [-0.39, 0.29) is 24.7 Å². The monoisotopic (exact) mass is 271 g/mol. The van der Waals surface area contributed by atoms with Crippen molar-refractivity contribution in [2.24, 2.45) is 0 Å². The molecule has 7 nitrogen and oxygen atoms in total. The molecule has 0 aromatic carbocycles. The zero-order valence-corrected chi connectivity index (χ0v) is 11.5. The molecule has 19 heavy (non-hydrogen) atoms. The second kappa shape index (κ2) is 7.08. The van der Waals surface area contributed by atoms with Crippen LogP contribution in [0, 0.1) is 0 Å². The highest BCUT2D eigenvalue weighted by molar-refractivity contribution is 5.81. The lowest BCUT2D eigenvalue weighted by atomic mass is 10.2. The van der Waals surface area contributed by atoms with E-state index in [0.717, 1.165) is 0 Å². The summed E-state index contributed by atoms with van der Waals surface area (Å²) in [4.78, 5) is 39.1. The summed E-state index contributed by atoms with van der Waals surface area (Å²) in [5.74, 6) is -1.06. The van der Waals surface area contributed by atoms with Crippen LogP contribution in [0.2, 0.25) is 0 Å². The Labute approximate surface area is 112 Å². The number of nitrogens with zero attached hydrogens (tertiary/aromatic N) is 3. The number of likely N-dealkylation sites (N-methyl/N-ethyl adjacent to an activating group) is 1.